The van der Waals surface area contributed by atoms with Gasteiger partial charge in [-0.1, -0.05) is 46.8 Å². The molecule has 2 atom stereocenters. The first-order valence-corrected chi connectivity index (χ1v) is 7.83. The summed E-state index contributed by atoms with van der Waals surface area (Å²) < 4.78 is 0. The average Bonchev–Trinajstić information content (AvgIpc) is 2.52. The fourth-order valence-electron chi connectivity index (χ4n) is 2.46. The van der Waals surface area contributed by atoms with Gasteiger partial charge in [-0.15, -0.1) is 0 Å². The highest BCUT2D eigenvalue weighted by molar-refractivity contribution is 5.85. The van der Waals surface area contributed by atoms with E-state index in [1.165, 1.54) is 18.2 Å². The van der Waals surface area contributed by atoms with E-state index in [1.54, 1.807) is 0 Å². The highest BCUT2D eigenvalue weighted by atomic mass is 14.9. The van der Waals surface area contributed by atoms with E-state index in [0.717, 1.165) is 24.3 Å². The van der Waals surface area contributed by atoms with Crippen molar-refractivity contribution in [1.29, 1.82) is 5.41 Å². The minimum Gasteiger partial charge on any atom is -0.398 e. The van der Waals surface area contributed by atoms with E-state index in [1.807, 2.05) is 39.8 Å². The molecule has 3 heteroatoms. The number of anilines is 1. The van der Waals surface area contributed by atoms with Crippen LogP contribution in [0, 0.1) is 11.3 Å². The third-order valence-electron chi connectivity index (χ3n) is 3.48. The molecular weight excluding hydrogens is 246 g/mol. The van der Waals surface area contributed by atoms with Crippen molar-refractivity contribution in [3.63, 3.8) is 0 Å². The van der Waals surface area contributed by atoms with Gasteiger partial charge in [0.05, 0.1) is 0 Å². The Morgan fingerprint density at radius 1 is 1.25 bits per heavy atom. The summed E-state index contributed by atoms with van der Waals surface area (Å²) in [6.45, 7) is 12.4. The van der Waals surface area contributed by atoms with Crippen molar-refractivity contribution in [2.75, 3.05) is 18.8 Å². The third-order valence-corrected chi connectivity index (χ3v) is 3.48. The van der Waals surface area contributed by atoms with Gasteiger partial charge in [-0.2, -0.15) is 0 Å². The molecule has 20 heavy (non-hydrogen) atoms. The van der Waals surface area contributed by atoms with Crippen LogP contribution in [0.15, 0.2) is 18.2 Å². The van der Waals surface area contributed by atoms with Crippen LogP contribution in [0.4, 0.5) is 5.69 Å². The van der Waals surface area contributed by atoms with Crippen LogP contribution in [0.5, 0.6) is 0 Å². The monoisotopic (exact) mass is 277 g/mol. The van der Waals surface area contributed by atoms with Gasteiger partial charge in [0, 0.05) is 17.5 Å². The number of benzene rings is 1. The Hall–Kier alpha value is -1.35. The second kappa shape index (κ2) is 10.4. The molecule has 114 valence electrons. The molecule has 0 aliphatic carbocycles. The molecule has 4 N–H and O–H groups in total. The van der Waals surface area contributed by atoms with E-state index >= 15 is 0 Å². The SMILES string of the molecule is CC.CC.CC1CNCCC1c1ccc(C=N)c(N)c1. The Bertz CT molecular complexity index is 388. The molecule has 2 rings (SSSR count). The fraction of sp³-hybridized carbons (Fsp3) is 0.588. The van der Waals surface area contributed by atoms with Crippen LogP contribution < -0.4 is 11.1 Å². The van der Waals surface area contributed by atoms with Crippen molar-refractivity contribution in [2.24, 2.45) is 5.92 Å². The molecule has 1 fully saturated rings. The molecule has 1 saturated heterocycles. The molecule has 2 unspecified atom stereocenters. The summed E-state index contributed by atoms with van der Waals surface area (Å²) in [6.07, 6.45) is 2.48. The lowest BCUT2D eigenvalue weighted by Gasteiger charge is -2.30. The van der Waals surface area contributed by atoms with E-state index in [2.05, 4.69) is 18.3 Å². The van der Waals surface area contributed by atoms with Crippen LogP contribution in [-0.2, 0) is 0 Å². The van der Waals surface area contributed by atoms with E-state index in [-0.39, 0.29) is 0 Å². The molecule has 1 heterocycles. The number of piperidine rings is 1. The van der Waals surface area contributed by atoms with E-state index in [9.17, 15) is 0 Å². The Balaban J connectivity index is 0.000000829. The van der Waals surface area contributed by atoms with E-state index in [4.69, 9.17) is 11.1 Å². The summed E-state index contributed by atoms with van der Waals surface area (Å²) in [7, 11) is 0. The number of hydrogen-bond donors (Lipinski definition) is 3. The van der Waals surface area contributed by atoms with Crippen LogP contribution in [0.2, 0.25) is 0 Å². The normalized spacial score (nSPS) is 20.9. The number of nitrogens with one attached hydrogen (secondary N) is 2. The average molecular weight is 277 g/mol. The molecule has 0 saturated carbocycles. The standard InChI is InChI=1S/C13H19N3.2C2H6/c1-9-8-16-5-4-12(9)10-2-3-11(7-14)13(15)6-10;2*1-2/h2-3,6-7,9,12,14,16H,4-5,8,15H2,1H3;2*1-2H3. The van der Waals surface area contributed by atoms with Crippen molar-refractivity contribution in [2.45, 2.75) is 47.0 Å². The van der Waals surface area contributed by atoms with Crippen molar-refractivity contribution in [3.05, 3.63) is 29.3 Å². The minimum atomic E-state index is 0.600. The Labute approximate surface area is 124 Å². The van der Waals surface area contributed by atoms with Crippen LogP contribution in [0.3, 0.4) is 0 Å². The van der Waals surface area contributed by atoms with Crippen LogP contribution in [-0.4, -0.2) is 19.3 Å². The fourth-order valence-corrected chi connectivity index (χ4v) is 2.46. The topological polar surface area (TPSA) is 61.9 Å². The molecule has 1 aliphatic rings. The van der Waals surface area contributed by atoms with Crippen molar-refractivity contribution < 1.29 is 0 Å². The maximum Gasteiger partial charge on any atom is 0.0405 e. The molecule has 0 aromatic heterocycles. The predicted molar refractivity (Wildman–Crippen MR) is 90.8 cm³/mol. The summed E-state index contributed by atoms with van der Waals surface area (Å²) in [6, 6.07) is 6.10. The zero-order valence-corrected chi connectivity index (χ0v) is 13.7. The van der Waals surface area contributed by atoms with Gasteiger partial charge in [0.2, 0.25) is 0 Å². The van der Waals surface area contributed by atoms with Gasteiger partial charge in [0.25, 0.3) is 0 Å². The summed E-state index contributed by atoms with van der Waals surface area (Å²) in [5.74, 6) is 1.25. The molecule has 0 amide bonds. The molecular formula is C17H31N3. The van der Waals surface area contributed by atoms with E-state index < -0.39 is 0 Å². The van der Waals surface area contributed by atoms with Crippen LogP contribution >= 0.6 is 0 Å². The van der Waals surface area contributed by atoms with Gasteiger partial charge in [-0.05, 0) is 43.0 Å². The van der Waals surface area contributed by atoms with Gasteiger partial charge in [0.15, 0.2) is 0 Å². The molecule has 1 aromatic rings. The maximum absolute atomic E-state index is 7.22. The van der Waals surface area contributed by atoms with Crippen molar-refractivity contribution >= 4 is 11.9 Å². The second-order valence-electron chi connectivity index (χ2n) is 4.61. The summed E-state index contributed by atoms with van der Waals surface area (Å²) >= 11 is 0. The lowest BCUT2D eigenvalue weighted by atomic mass is 9.82. The number of nitrogens with two attached hydrogens (primary N) is 1. The van der Waals surface area contributed by atoms with Gasteiger partial charge in [0.1, 0.15) is 0 Å². The van der Waals surface area contributed by atoms with E-state index in [0.29, 0.717) is 11.8 Å². The Morgan fingerprint density at radius 3 is 2.40 bits per heavy atom. The first kappa shape index (κ1) is 18.7. The first-order valence-electron chi connectivity index (χ1n) is 7.83. The van der Waals surface area contributed by atoms with Crippen molar-refractivity contribution in [3.8, 4) is 0 Å². The number of hydrogen-bond acceptors (Lipinski definition) is 3. The highest BCUT2D eigenvalue weighted by Gasteiger charge is 2.22. The molecule has 0 spiro atoms. The zero-order valence-electron chi connectivity index (χ0n) is 13.7. The van der Waals surface area contributed by atoms with Crippen LogP contribution in [0.25, 0.3) is 0 Å². The Morgan fingerprint density at radius 2 is 1.90 bits per heavy atom. The van der Waals surface area contributed by atoms with Gasteiger partial charge in [-0.25, -0.2) is 0 Å². The van der Waals surface area contributed by atoms with Crippen molar-refractivity contribution in [1.82, 2.24) is 5.32 Å². The summed E-state index contributed by atoms with van der Waals surface area (Å²) in [5, 5.41) is 10.6. The first-order chi connectivity index (χ1) is 9.72. The Kier molecular flexibility index (Phi) is 9.73. The predicted octanol–water partition coefficient (Wildman–Crippen LogP) is 4.03. The molecule has 1 aromatic carbocycles. The molecule has 0 bridgehead atoms. The molecule has 1 aliphatic heterocycles. The molecule has 0 radical (unpaired) electrons. The lowest BCUT2D eigenvalue weighted by Crippen LogP contribution is -2.33. The van der Waals surface area contributed by atoms with Gasteiger partial charge >= 0.3 is 0 Å². The summed E-state index contributed by atoms with van der Waals surface area (Å²) in [4.78, 5) is 0. The molecule has 3 nitrogen and oxygen atoms in total. The maximum atomic E-state index is 7.22. The lowest BCUT2D eigenvalue weighted by molar-refractivity contribution is 0.349. The smallest absolute Gasteiger partial charge is 0.0405 e. The summed E-state index contributed by atoms with van der Waals surface area (Å²) in [5.41, 5.74) is 8.76. The quantitative estimate of drug-likeness (QED) is 0.564. The van der Waals surface area contributed by atoms with Gasteiger partial charge < -0.3 is 16.5 Å². The number of rotatable bonds is 2. The highest BCUT2D eigenvalue weighted by Crippen LogP contribution is 2.31. The zero-order chi connectivity index (χ0) is 15.5. The van der Waals surface area contributed by atoms with Gasteiger partial charge in [-0.3, -0.25) is 0 Å². The van der Waals surface area contributed by atoms with Crippen LogP contribution in [0.1, 0.15) is 58.1 Å². The largest absolute Gasteiger partial charge is 0.398 e. The minimum absolute atomic E-state index is 0.600. The number of nitrogen functional groups attached to an aromatic ring is 1. The second-order valence-corrected chi connectivity index (χ2v) is 4.61. The third kappa shape index (κ3) is 4.97.